The van der Waals surface area contributed by atoms with Crippen LogP contribution in [0.25, 0.3) is 21.5 Å². The molecule has 0 amide bonds. The minimum Gasteiger partial charge on any atom is -0.273 e. The van der Waals surface area contributed by atoms with Gasteiger partial charge in [0, 0.05) is 16.7 Å². The Labute approximate surface area is 328 Å². The maximum Gasteiger partial charge on any atom is 0.533 e. The highest BCUT2D eigenvalue weighted by Crippen LogP contribution is 2.60. The van der Waals surface area contributed by atoms with Crippen LogP contribution in [0.5, 0.6) is 11.5 Å². The fourth-order valence-electron chi connectivity index (χ4n) is 7.04. The zero-order valence-corrected chi connectivity index (χ0v) is 37.6. The Morgan fingerprint density at radius 3 is 1.02 bits per heavy atom. The van der Waals surface area contributed by atoms with Crippen molar-refractivity contribution in [1.82, 2.24) is 0 Å². The van der Waals surface area contributed by atoms with Crippen LogP contribution in [0.15, 0.2) is 78.9 Å². The molecule has 4 heteroatoms. The van der Waals surface area contributed by atoms with E-state index in [0.717, 1.165) is 38.2 Å². The van der Waals surface area contributed by atoms with Gasteiger partial charge in [0.15, 0.2) is 11.5 Å². The van der Waals surface area contributed by atoms with E-state index < -0.39 is 7.94 Å². The van der Waals surface area contributed by atoms with E-state index in [2.05, 4.69) is 203 Å². The van der Waals surface area contributed by atoms with Crippen molar-refractivity contribution in [3.8, 4) is 11.5 Å². The van der Waals surface area contributed by atoms with Gasteiger partial charge in [0.05, 0.1) is 0 Å². The molecule has 0 aliphatic carbocycles. The lowest BCUT2D eigenvalue weighted by Crippen LogP contribution is -2.32. The molecule has 0 aromatic heterocycles. The van der Waals surface area contributed by atoms with Crippen LogP contribution in [0.4, 0.5) is 0 Å². The molecule has 0 saturated carbocycles. The van der Waals surface area contributed by atoms with Gasteiger partial charge in [-0.15, -0.1) is 0 Å². The normalized spacial score (nSPS) is 13.8. The molecule has 0 spiro atoms. The summed E-state index contributed by atoms with van der Waals surface area (Å²) in [7, 11) is -3.89. The second-order valence-electron chi connectivity index (χ2n) is 21.8. The third kappa shape index (κ3) is 8.85. The van der Waals surface area contributed by atoms with Gasteiger partial charge in [-0.05, 0) is 101 Å². The summed E-state index contributed by atoms with van der Waals surface area (Å²) in [5.74, 6) is 1.28. The van der Waals surface area contributed by atoms with Crippen molar-refractivity contribution in [2.75, 3.05) is 0 Å². The third-order valence-corrected chi connectivity index (χ3v) is 12.5. The largest absolute Gasteiger partial charge is 0.533 e. The van der Waals surface area contributed by atoms with Crippen molar-refractivity contribution >= 4 is 34.8 Å². The van der Waals surface area contributed by atoms with Crippen LogP contribution < -0.4 is 14.4 Å². The highest BCUT2D eigenvalue weighted by molar-refractivity contribution is 7.69. The Bertz CT molecular complexity index is 2070. The van der Waals surface area contributed by atoms with Crippen LogP contribution >= 0.6 is 7.94 Å². The summed E-state index contributed by atoms with van der Waals surface area (Å²) in [6.45, 7) is 40.0. The van der Waals surface area contributed by atoms with Crippen LogP contribution in [0.2, 0.25) is 0 Å². The number of hydrogen-bond donors (Lipinski definition) is 1. The Hall–Kier alpha value is -3.39. The standard InChI is InChI=1S/C50H68O3P/c1-45(2,3)36-21-19-32-29-42(39(48(10,11)12)27-34(32)25-36)52-54(51,44-24-23-38(47(7,8)9)31-41(44)50(16,17)18)53-43-30-33-20-22-37(46(4,5)6)26-35(33)28-40(43)49(13,14)15/h19-31,51H,1-18H3/q+1. The van der Waals surface area contributed by atoms with Crippen molar-refractivity contribution in [3.63, 3.8) is 0 Å². The van der Waals surface area contributed by atoms with E-state index in [1.54, 1.807) is 0 Å². The van der Waals surface area contributed by atoms with Gasteiger partial charge < -0.3 is 0 Å². The Balaban J connectivity index is 1.83. The van der Waals surface area contributed by atoms with E-state index in [-0.39, 0.29) is 32.5 Å². The first-order valence-corrected chi connectivity index (χ1v) is 21.3. The van der Waals surface area contributed by atoms with Crippen molar-refractivity contribution in [1.29, 1.82) is 0 Å². The van der Waals surface area contributed by atoms with E-state index in [4.69, 9.17) is 9.05 Å². The van der Waals surface area contributed by atoms with Crippen LogP contribution in [-0.2, 0) is 32.5 Å². The maximum atomic E-state index is 13.5. The number of hydrogen-bond acceptors (Lipinski definition) is 3. The first-order valence-electron chi connectivity index (χ1n) is 19.7. The van der Waals surface area contributed by atoms with Crippen LogP contribution in [0.1, 0.15) is 158 Å². The summed E-state index contributed by atoms with van der Waals surface area (Å²) in [5.41, 5.74) is 5.93. The van der Waals surface area contributed by atoms with E-state index in [9.17, 15) is 4.89 Å². The number of rotatable bonds is 5. The summed E-state index contributed by atoms with van der Waals surface area (Å²) in [6, 6.07) is 28.5. The Morgan fingerprint density at radius 1 is 0.352 bits per heavy atom. The van der Waals surface area contributed by atoms with E-state index in [1.807, 2.05) is 0 Å². The van der Waals surface area contributed by atoms with Gasteiger partial charge in [-0.2, -0.15) is 4.89 Å². The highest BCUT2D eigenvalue weighted by Gasteiger charge is 2.52. The van der Waals surface area contributed by atoms with E-state index >= 15 is 0 Å². The predicted molar refractivity (Wildman–Crippen MR) is 237 cm³/mol. The molecule has 0 aliphatic heterocycles. The lowest BCUT2D eigenvalue weighted by molar-refractivity contribution is 0.352. The number of benzene rings is 5. The molecular weight excluding hydrogens is 680 g/mol. The summed E-state index contributed by atoms with van der Waals surface area (Å²) in [5, 5.41) is 5.15. The molecular formula is C50H68O3P+. The lowest BCUT2D eigenvalue weighted by Gasteiger charge is -2.31. The fourth-order valence-corrected chi connectivity index (χ4v) is 9.08. The molecule has 0 aliphatic rings. The van der Waals surface area contributed by atoms with Crippen molar-refractivity contribution in [2.24, 2.45) is 0 Å². The van der Waals surface area contributed by atoms with Gasteiger partial charge in [0.2, 0.25) is 5.30 Å². The zero-order chi connectivity index (χ0) is 40.6. The van der Waals surface area contributed by atoms with Crippen molar-refractivity contribution in [3.05, 3.63) is 112 Å². The molecule has 0 radical (unpaired) electrons. The molecule has 0 unspecified atom stereocenters. The summed E-state index contributed by atoms with van der Waals surface area (Å²) in [4.78, 5) is 13.5. The van der Waals surface area contributed by atoms with E-state index in [1.165, 1.54) is 16.7 Å². The molecule has 54 heavy (non-hydrogen) atoms. The third-order valence-electron chi connectivity index (χ3n) is 10.6. The van der Waals surface area contributed by atoms with Crippen molar-refractivity contribution in [2.45, 2.75) is 157 Å². The predicted octanol–water partition coefficient (Wildman–Crippen LogP) is 14.3. The van der Waals surface area contributed by atoms with Crippen LogP contribution in [0, 0.1) is 0 Å². The molecule has 5 aromatic carbocycles. The first-order chi connectivity index (χ1) is 24.4. The van der Waals surface area contributed by atoms with Crippen molar-refractivity contribution < 1.29 is 13.9 Å². The second kappa shape index (κ2) is 13.7. The molecule has 290 valence electrons. The summed E-state index contributed by atoms with van der Waals surface area (Å²) >= 11 is 0. The van der Waals surface area contributed by atoms with Gasteiger partial charge in [0.25, 0.3) is 0 Å². The lowest BCUT2D eigenvalue weighted by atomic mass is 9.81. The van der Waals surface area contributed by atoms with E-state index in [0.29, 0.717) is 16.8 Å². The average Bonchev–Trinajstić information content (AvgIpc) is 3.00. The fraction of sp³-hybridized carbons (Fsp3) is 0.480. The molecule has 3 nitrogen and oxygen atoms in total. The first kappa shape index (κ1) is 41.8. The van der Waals surface area contributed by atoms with Crippen LogP contribution in [-0.4, -0.2) is 4.89 Å². The van der Waals surface area contributed by atoms with Gasteiger partial charge in [0.1, 0.15) is 0 Å². The average molecular weight is 748 g/mol. The summed E-state index contributed by atoms with van der Waals surface area (Å²) in [6.07, 6.45) is 0. The molecule has 0 atom stereocenters. The summed E-state index contributed by atoms with van der Waals surface area (Å²) < 4.78 is 14.4. The molecule has 0 heterocycles. The van der Waals surface area contributed by atoms with Gasteiger partial charge in [-0.1, -0.05) is 173 Å². The minimum absolute atomic E-state index is 0.0202. The Morgan fingerprint density at radius 2 is 0.685 bits per heavy atom. The molecule has 5 aromatic rings. The number of fused-ring (bicyclic) bond motifs is 2. The quantitative estimate of drug-likeness (QED) is 0.182. The minimum atomic E-state index is -3.89. The molecule has 5 rings (SSSR count). The van der Waals surface area contributed by atoms with Gasteiger partial charge in [-0.3, -0.25) is 9.05 Å². The highest BCUT2D eigenvalue weighted by atomic mass is 31.2. The Kier molecular flexibility index (Phi) is 10.6. The zero-order valence-electron chi connectivity index (χ0n) is 36.7. The van der Waals surface area contributed by atoms with Gasteiger partial charge >= 0.3 is 7.94 Å². The topological polar surface area (TPSA) is 38.7 Å². The molecule has 0 fully saturated rings. The molecule has 0 saturated heterocycles. The molecule has 1 N–H and O–H groups in total. The monoisotopic (exact) mass is 747 g/mol. The smallest absolute Gasteiger partial charge is 0.273 e. The second-order valence-corrected chi connectivity index (χ2v) is 23.6. The van der Waals surface area contributed by atoms with Crippen LogP contribution in [0.3, 0.4) is 0 Å². The SMILES string of the molecule is CC(C)(C)c1ccc([P+](O)(Oc2cc3ccc(C(C)(C)C)cc3cc2C(C)(C)C)Oc2cc3ccc(C(C)(C)C)cc3cc2C(C)(C)C)c(C(C)(C)C)c1. The molecule has 0 bridgehead atoms. The van der Waals surface area contributed by atoms with Gasteiger partial charge in [-0.25, -0.2) is 0 Å². The maximum absolute atomic E-state index is 13.5.